The zero-order chi connectivity index (χ0) is 11.8. The van der Waals surface area contributed by atoms with Crippen LogP contribution in [0.2, 0.25) is 0 Å². The Kier molecular flexibility index (Phi) is 6.46. The van der Waals surface area contributed by atoms with Crippen LogP contribution in [0.25, 0.3) is 0 Å². The second-order valence-corrected chi connectivity index (χ2v) is 4.57. The summed E-state index contributed by atoms with van der Waals surface area (Å²) in [6.45, 7) is 4.36. The summed E-state index contributed by atoms with van der Waals surface area (Å²) in [5.74, 6) is -0.0887. The normalized spacial score (nSPS) is 20.1. The van der Waals surface area contributed by atoms with E-state index in [-0.39, 0.29) is 12.0 Å². The van der Waals surface area contributed by atoms with Crippen LogP contribution in [0.4, 0.5) is 0 Å². The minimum Gasteiger partial charge on any atom is -0.465 e. The largest absolute Gasteiger partial charge is 0.465 e. The van der Waals surface area contributed by atoms with Crippen LogP contribution < -0.4 is 5.32 Å². The molecule has 0 aromatic rings. The molecule has 1 saturated carbocycles. The lowest BCUT2D eigenvalue weighted by molar-refractivity contribution is -0.146. The van der Waals surface area contributed by atoms with Crippen molar-refractivity contribution >= 4 is 5.97 Å². The molecule has 0 heterocycles. The lowest BCUT2D eigenvalue weighted by atomic mass is 10.1. The van der Waals surface area contributed by atoms with Crippen molar-refractivity contribution in [2.24, 2.45) is 0 Å². The van der Waals surface area contributed by atoms with Gasteiger partial charge in [0.1, 0.15) is 6.04 Å². The van der Waals surface area contributed by atoms with Gasteiger partial charge in [-0.05, 0) is 26.2 Å². The highest BCUT2D eigenvalue weighted by molar-refractivity contribution is 5.75. The molecular weight excluding hydrogens is 202 g/mol. The molecule has 0 saturated heterocycles. The lowest BCUT2D eigenvalue weighted by Gasteiger charge is -2.22. The minimum absolute atomic E-state index is 0.0887. The van der Waals surface area contributed by atoms with Crippen molar-refractivity contribution in [1.29, 1.82) is 0 Å². The van der Waals surface area contributed by atoms with Crippen molar-refractivity contribution in [1.82, 2.24) is 5.32 Å². The van der Waals surface area contributed by atoms with E-state index in [2.05, 4.69) is 5.32 Å². The summed E-state index contributed by atoms with van der Waals surface area (Å²) in [4.78, 5) is 11.6. The fraction of sp³-hybridized carbons (Fsp3) is 0.923. The highest BCUT2D eigenvalue weighted by atomic mass is 16.5. The second kappa shape index (κ2) is 7.66. The molecular formula is C13H25NO2. The summed E-state index contributed by atoms with van der Waals surface area (Å²) in [7, 11) is 0. The third-order valence-corrected chi connectivity index (χ3v) is 3.27. The number of nitrogens with one attached hydrogen (secondary N) is 1. The van der Waals surface area contributed by atoms with Crippen molar-refractivity contribution < 1.29 is 9.53 Å². The van der Waals surface area contributed by atoms with Gasteiger partial charge in [0.05, 0.1) is 6.61 Å². The third kappa shape index (κ3) is 4.52. The summed E-state index contributed by atoms with van der Waals surface area (Å²) in [5.41, 5.74) is 0. The van der Waals surface area contributed by atoms with Gasteiger partial charge in [-0.15, -0.1) is 0 Å². The number of ether oxygens (including phenoxy) is 1. The molecule has 1 aliphatic rings. The molecule has 1 rings (SSSR count). The molecule has 1 N–H and O–H groups in total. The Morgan fingerprint density at radius 3 is 2.38 bits per heavy atom. The molecule has 0 bridgehead atoms. The maximum atomic E-state index is 11.6. The number of carbonyl (C=O) groups is 1. The Labute approximate surface area is 98.9 Å². The fourth-order valence-electron chi connectivity index (χ4n) is 2.33. The van der Waals surface area contributed by atoms with Crippen LogP contribution in [0, 0.1) is 0 Å². The standard InChI is InChI=1S/C13H25NO2/c1-3-12(13(15)16-4-2)14-11-9-7-5-6-8-10-11/h11-12,14H,3-10H2,1-2H3. The molecule has 0 aromatic heterocycles. The Hall–Kier alpha value is -0.570. The van der Waals surface area contributed by atoms with E-state index in [4.69, 9.17) is 4.74 Å². The highest BCUT2D eigenvalue weighted by Gasteiger charge is 2.21. The van der Waals surface area contributed by atoms with E-state index in [1.807, 2.05) is 13.8 Å². The minimum atomic E-state index is -0.108. The summed E-state index contributed by atoms with van der Waals surface area (Å²) >= 11 is 0. The maximum absolute atomic E-state index is 11.6. The highest BCUT2D eigenvalue weighted by Crippen LogP contribution is 2.18. The zero-order valence-corrected chi connectivity index (χ0v) is 10.6. The van der Waals surface area contributed by atoms with Crippen LogP contribution in [0.3, 0.4) is 0 Å². The molecule has 0 amide bonds. The summed E-state index contributed by atoms with van der Waals surface area (Å²) in [5, 5.41) is 3.46. The zero-order valence-electron chi connectivity index (χ0n) is 10.6. The van der Waals surface area contributed by atoms with Gasteiger partial charge in [-0.2, -0.15) is 0 Å². The van der Waals surface area contributed by atoms with Crippen LogP contribution in [-0.4, -0.2) is 24.7 Å². The molecule has 1 unspecified atom stereocenters. The van der Waals surface area contributed by atoms with E-state index in [9.17, 15) is 4.79 Å². The van der Waals surface area contributed by atoms with E-state index < -0.39 is 0 Å². The first kappa shape index (κ1) is 13.5. The van der Waals surface area contributed by atoms with Gasteiger partial charge in [-0.25, -0.2) is 0 Å². The van der Waals surface area contributed by atoms with Crippen molar-refractivity contribution in [3.63, 3.8) is 0 Å². The lowest BCUT2D eigenvalue weighted by Crippen LogP contribution is -2.43. The smallest absolute Gasteiger partial charge is 0.323 e. The number of esters is 1. The Balaban J connectivity index is 2.38. The summed E-state index contributed by atoms with van der Waals surface area (Å²) in [6, 6.07) is 0.403. The van der Waals surface area contributed by atoms with Crippen molar-refractivity contribution in [3.05, 3.63) is 0 Å². The molecule has 16 heavy (non-hydrogen) atoms. The van der Waals surface area contributed by atoms with Crippen LogP contribution >= 0.6 is 0 Å². The second-order valence-electron chi connectivity index (χ2n) is 4.57. The predicted octanol–water partition coefficient (Wildman–Crippen LogP) is 2.64. The van der Waals surface area contributed by atoms with Gasteiger partial charge in [0.15, 0.2) is 0 Å². The molecule has 3 nitrogen and oxygen atoms in total. The van der Waals surface area contributed by atoms with Gasteiger partial charge < -0.3 is 10.1 Å². The SMILES string of the molecule is CCOC(=O)C(CC)NC1CCCCCC1. The van der Waals surface area contributed by atoms with Gasteiger partial charge >= 0.3 is 5.97 Å². The molecule has 1 fully saturated rings. The molecule has 0 aromatic carbocycles. The fourth-order valence-corrected chi connectivity index (χ4v) is 2.33. The quantitative estimate of drug-likeness (QED) is 0.579. The van der Waals surface area contributed by atoms with Crippen LogP contribution in [0.5, 0.6) is 0 Å². The number of rotatable bonds is 5. The van der Waals surface area contributed by atoms with Crippen LogP contribution in [0.1, 0.15) is 58.8 Å². The Morgan fingerprint density at radius 1 is 1.25 bits per heavy atom. The van der Waals surface area contributed by atoms with E-state index in [1.165, 1.54) is 38.5 Å². The van der Waals surface area contributed by atoms with Crippen LogP contribution in [-0.2, 0) is 9.53 Å². The summed E-state index contributed by atoms with van der Waals surface area (Å²) < 4.78 is 5.07. The van der Waals surface area contributed by atoms with Crippen molar-refractivity contribution in [2.75, 3.05) is 6.61 Å². The molecule has 1 atom stereocenters. The molecule has 0 radical (unpaired) electrons. The monoisotopic (exact) mass is 227 g/mol. The predicted molar refractivity (Wildman–Crippen MR) is 65.3 cm³/mol. The van der Waals surface area contributed by atoms with Gasteiger partial charge in [-0.1, -0.05) is 32.6 Å². The van der Waals surface area contributed by atoms with Gasteiger partial charge in [0.2, 0.25) is 0 Å². The Bertz CT molecular complexity index is 198. The summed E-state index contributed by atoms with van der Waals surface area (Å²) in [6.07, 6.45) is 8.48. The first-order chi connectivity index (χ1) is 7.77. The average molecular weight is 227 g/mol. The topological polar surface area (TPSA) is 38.3 Å². The first-order valence-corrected chi connectivity index (χ1v) is 6.70. The molecule has 3 heteroatoms. The van der Waals surface area contributed by atoms with E-state index in [0.717, 1.165) is 6.42 Å². The number of carbonyl (C=O) groups excluding carboxylic acids is 1. The third-order valence-electron chi connectivity index (χ3n) is 3.27. The average Bonchev–Trinajstić information content (AvgIpc) is 2.54. The van der Waals surface area contributed by atoms with Gasteiger partial charge in [0.25, 0.3) is 0 Å². The van der Waals surface area contributed by atoms with E-state index in [0.29, 0.717) is 12.6 Å². The van der Waals surface area contributed by atoms with E-state index >= 15 is 0 Å². The van der Waals surface area contributed by atoms with Gasteiger partial charge in [0, 0.05) is 6.04 Å². The molecule has 0 spiro atoms. The van der Waals surface area contributed by atoms with Crippen LogP contribution in [0.15, 0.2) is 0 Å². The Morgan fingerprint density at radius 2 is 1.88 bits per heavy atom. The van der Waals surface area contributed by atoms with Crippen molar-refractivity contribution in [2.45, 2.75) is 70.9 Å². The molecule has 0 aliphatic heterocycles. The van der Waals surface area contributed by atoms with Gasteiger partial charge in [-0.3, -0.25) is 4.79 Å². The van der Waals surface area contributed by atoms with E-state index in [1.54, 1.807) is 0 Å². The number of hydrogen-bond donors (Lipinski definition) is 1. The first-order valence-electron chi connectivity index (χ1n) is 6.70. The molecule has 1 aliphatic carbocycles. The molecule has 94 valence electrons. The maximum Gasteiger partial charge on any atom is 0.323 e. The number of hydrogen-bond acceptors (Lipinski definition) is 3. The van der Waals surface area contributed by atoms with Crippen molar-refractivity contribution in [3.8, 4) is 0 Å².